The third-order valence-electron chi connectivity index (χ3n) is 4.43. The molecule has 5 nitrogen and oxygen atoms in total. The van der Waals surface area contributed by atoms with E-state index in [0.29, 0.717) is 18.7 Å². The van der Waals surface area contributed by atoms with Crippen molar-refractivity contribution in [3.63, 3.8) is 0 Å². The lowest BCUT2D eigenvalue weighted by Gasteiger charge is -2.15. The molecule has 0 bridgehead atoms. The predicted octanol–water partition coefficient (Wildman–Crippen LogP) is 2.95. The zero-order chi connectivity index (χ0) is 19.1. The first-order valence-corrected chi connectivity index (χ1v) is 8.83. The number of carbonyl (C=O) groups excluding carboxylic acids is 2. The van der Waals surface area contributed by atoms with Crippen LogP contribution in [0.1, 0.15) is 40.9 Å². The van der Waals surface area contributed by atoms with E-state index in [1.54, 1.807) is 19.1 Å². The average Bonchev–Trinajstić information content (AvgIpc) is 2.64. The molecular formula is C21H28ClN3O2. The van der Waals surface area contributed by atoms with E-state index in [1.165, 1.54) is 5.56 Å². The molecule has 0 aliphatic heterocycles. The van der Waals surface area contributed by atoms with Gasteiger partial charge in [-0.1, -0.05) is 48.9 Å². The summed E-state index contributed by atoms with van der Waals surface area (Å²) in [6.07, 6.45) is 0. The van der Waals surface area contributed by atoms with Gasteiger partial charge in [-0.2, -0.15) is 0 Å². The molecule has 27 heavy (non-hydrogen) atoms. The monoisotopic (exact) mass is 389 g/mol. The quantitative estimate of drug-likeness (QED) is 0.680. The van der Waals surface area contributed by atoms with Crippen LogP contribution >= 0.6 is 12.4 Å². The van der Waals surface area contributed by atoms with E-state index in [1.807, 2.05) is 50.2 Å². The Morgan fingerprint density at radius 3 is 2.22 bits per heavy atom. The molecule has 2 amide bonds. The Labute approximate surface area is 167 Å². The standard InChI is InChI=1S/C21H27N3O2.ClH/c1-14-7-9-17(10-8-14)12-24-21(26)19-6-4-5-18(11-19)13-23-20(25)15(2)16(3)22;/h4-11,15-16H,12-13,22H2,1-3H3,(H,23,25)(H,24,26);1H. The summed E-state index contributed by atoms with van der Waals surface area (Å²) in [6, 6.07) is 15.1. The van der Waals surface area contributed by atoms with Crippen LogP contribution in [-0.2, 0) is 17.9 Å². The van der Waals surface area contributed by atoms with Crippen molar-refractivity contribution in [3.8, 4) is 0 Å². The van der Waals surface area contributed by atoms with E-state index in [0.717, 1.165) is 11.1 Å². The Bertz CT molecular complexity index is 760. The maximum atomic E-state index is 12.4. The van der Waals surface area contributed by atoms with Gasteiger partial charge in [0.15, 0.2) is 0 Å². The lowest BCUT2D eigenvalue weighted by Crippen LogP contribution is -2.38. The maximum absolute atomic E-state index is 12.4. The SMILES string of the molecule is Cc1ccc(CNC(=O)c2cccc(CNC(=O)C(C)C(C)N)c2)cc1.Cl. The van der Waals surface area contributed by atoms with Gasteiger partial charge in [0.25, 0.3) is 5.91 Å². The topological polar surface area (TPSA) is 84.2 Å². The Kier molecular flexibility index (Phi) is 8.98. The number of benzene rings is 2. The van der Waals surface area contributed by atoms with Crippen molar-refractivity contribution in [2.45, 2.75) is 39.9 Å². The summed E-state index contributed by atoms with van der Waals surface area (Å²) in [5.74, 6) is -0.479. The van der Waals surface area contributed by atoms with Gasteiger partial charge < -0.3 is 16.4 Å². The Balaban J connectivity index is 0.00000364. The van der Waals surface area contributed by atoms with Crippen molar-refractivity contribution >= 4 is 24.2 Å². The van der Waals surface area contributed by atoms with Gasteiger partial charge in [-0.15, -0.1) is 12.4 Å². The number of rotatable bonds is 7. The second-order valence-corrected chi connectivity index (χ2v) is 6.73. The third-order valence-corrected chi connectivity index (χ3v) is 4.43. The number of nitrogens with one attached hydrogen (secondary N) is 2. The number of aryl methyl sites for hydroxylation is 1. The number of halogens is 1. The Morgan fingerprint density at radius 2 is 1.59 bits per heavy atom. The first-order chi connectivity index (χ1) is 12.4. The van der Waals surface area contributed by atoms with Crippen molar-refractivity contribution in [2.75, 3.05) is 0 Å². The number of amides is 2. The highest BCUT2D eigenvalue weighted by molar-refractivity contribution is 5.94. The average molecular weight is 390 g/mol. The molecule has 0 saturated heterocycles. The van der Waals surface area contributed by atoms with Gasteiger partial charge in [-0.05, 0) is 37.1 Å². The van der Waals surface area contributed by atoms with Crippen molar-refractivity contribution in [3.05, 3.63) is 70.8 Å². The van der Waals surface area contributed by atoms with Gasteiger partial charge in [0.05, 0.1) is 0 Å². The summed E-state index contributed by atoms with van der Waals surface area (Å²) >= 11 is 0. The van der Waals surface area contributed by atoms with Crippen LogP contribution in [0.5, 0.6) is 0 Å². The molecule has 146 valence electrons. The van der Waals surface area contributed by atoms with Crippen LogP contribution in [0.25, 0.3) is 0 Å². The molecule has 0 aliphatic rings. The van der Waals surface area contributed by atoms with E-state index < -0.39 is 0 Å². The molecule has 4 N–H and O–H groups in total. The summed E-state index contributed by atoms with van der Waals surface area (Å²) in [5, 5.41) is 5.78. The smallest absolute Gasteiger partial charge is 0.251 e. The summed E-state index contributed by atoms with van der Waals surface area (Å²) < 4.78 is 0. The van der Waals surface area contributed by atoms with Crippen LogP contribution in [0, 0.1) is 12.8 Å². The Morgan fingerprint density at radius 1 is 0.963 bits per heavy atom. The van der Waals surface area contributed by atoms with Gasteiger partial charge >= 0.3 is 0 Å². The normalized spacial score (nSPS) is 12.4. The molecule has 0 saturated carbocycles. The second-order valence-electron chi connectivity index (χ2n) is 6.73. The van der Waals surface area contributed by atoms with E-state index in [2.05, 4.69) is 10.6 Å². The number of hydrogen-bond acceptors (Lipinski definition) is 3. The molecule has 0 aliphatic carbocycles. The Hall–Kier alpha value is -2.37. The maximum Gasteiger partial charge on any atom is 0.251 e. The number of carbonyl (C=O) groups is 2. The van der Waals surface area contributed by atoms with Crippen LogP contribution in [0.2, 0.25) is 0 Å². The number of nitrogens with two attached hydrogens (primary N) is 1. The lowest BCUT2D eigenvalue weighted by molar-refractivity contribution is -0.125. The largest absolute Gasteiger partial charge is 0.352 e. The van der Waals surface area contributed by atoms with E-state index in [-0.39, 0.29) is 36.2 Å². The van der Waals surface area contributed by atoms with Crippen molar-refractivity contribution in [2.24, 2.45) is 11.7 Å². The summed E-state index contributed by atoms with van der Waals surface area (Å²) in [4.78, 5) is 24.3. The highest BCUT2D eigenvalue weighted by Gasteiger charge is 2.16. The molecule has 2 rings (SSSR count). The third kappa shape index (κ3) is 7.04. The fourth-order valence-corrected chi connectivity index (χ4v) is 2.40. The lowest BCUT2D eigenvalue weighted by atomic mass is 10.0. The minimum atomic E-state index is -0.254. The highest BCUT2D eigenvalue weighted by atomic mass is 35.5. The molecule has 0 fully saturated rings. The van der Waals surface area contributed by atoms with Gasteiger partial charge in [0.1, 0.15) is 0 Å². The van der Waals surface area contributed by atoms with Crippen molar-refractivity contribution in [1.29, 1.82) is 0 Å². The molecule has 0 aromatic heterocycles. The van der Waals surface area contributed by atoms with E-state index >= 15 is 0 Å². The van der Waals surface area contributed by atoms with Crippen LogP contribution in [0.15, 0.2) is 48.5 Å². The molecular weight excluding hydrogens is 362 g/mol. The molecule has 2 aromatic rings. The first-order valence-electron chi connectivity index (χ1n) is 8.83. The van der Waals surface area contributed by atoms with Crippen molar-refractivity contribution < 1.29 is 9.59 Å². The zero-order valence-corrected chi connectivity index (χ0v) is 16.8. The van der Waals surface area contributed by atoms with E-state index in [9.17, 15) is 9.59 Å². The highest BCUT2D eigenvalue weighted by Crippen LogP contribution is 2.08. The fourth-order valence-electron chi connectivity index (χ4n) is 2.40. The van der Waals surface area contributed by atoms with Gasteiger partial charge in [-0.25, -0.2) is 0 Å². The molecule has 0 radical (unpaired) electrons. The summed E-state index contributed by atoms with van der Waals surface area (Å²) in [6.45, 7) is 6.49. The van der Waals surface area contributed by atoms with Gasteiger partial charge in [-0.3, -0.25) is 9.59 Å². The minimum Gasteiger partial charge on any atom is -0.352 e. The summed E-state index contributed by atoms with van der Waals surface area (Å²) in [5.41, 5.74) is 9.43. The zero-order valence-electron chi connectivity index (χ0n) is 16.0. The molecule has 6 heteroatoms. The molecule has 2 unspecified atom stereocenters. The predicted molar refractivity (Wildman–Crippen MR) is 111 cm³/mol. The van der Waals surface area contributed by atoms with Gasteiger partial charge in [0.2, 0.25) is 5.91 Å². The minimum absolute atomic E-state index is 0. The van der Waals surface area contributed by atoms with Crippen LogP contribution in [-0.4, -0.2) is 17.9 Å². The van der Waals surface area contributed by atoms with Crippen molar-refractivity contribution in [1.82, 2.24) is 10.6 Å². The summed E-state index contributed by atoms with van der Waals surface area (Å²) in [7, 11) is 0. The second kappa shape index (κ2) is 10.7. The van der Waals surface area contributed by atoms with Crippen LogP contribution < -0.4 is 16.4 Å². The van der Waals surface area contributed by atoms with E-state index in [4.69, 9.17) is 5.73 Å². The van der Waals surface area contributed by atoms with Crippen LogP contribution in [0.3, 0.4) is 0 Å². The first kappa shape index (κ1) is 22.7. The molecule has 2 aromatic carbocycles. The molecule has 0 spiro atoms. The number of hydrogen-bond donors (Lipinski definition) is 3. The fraction of sp³-hybridized carbons (Fsp3) is 0.333. The van der Waals surface area contributed by atoms with Gasteiger partial charge in [0, 0.05) is 30.6 Å². The van der Waals surface area contributed by atoms with Crippen LogP contribution in [0.4, 0.5) is 0 Å². The molecule has 0 heterocycles. The molecule has 2 atom stereocenters.